The maximum absolute atomic E-state index is 12.8. The molecule has 0 radical (unpaired) electrons. The Morgan fingerprint density at radius 1 is 1.07 bits per heavy atom. The summed E-state index contributed by atoms with van der Waals surface area (Å²) in [5.74, 6) is -0.198. The van der Waals surface area contributed by atoms with Crippen LogP contribution in [0.25, 0.3) is 10.9 Å². The van der Waals surface area contributed by atoms with Crippen molar-refractivity contribution >= 4 is 38.4 Å². The molecule has 3 aromatic rings. The van der Waals surface area contributed by atoms with Crippen molar-refractivity contribution in [3.8, 4) is 0 Å². The molecule has 8 heteroatoms. The minimum atomic E-state index is -3.55. The van der Waals surface area contributed by atoms with E-state index in [2.05, 4.69) is 5.32 Å². The van der Waals surface area contributed by atoms with Crippen LogP contribution < -0.4 is 5.32 Å². The molecule has 0 aliphatic rings. The van der Waals surface area contributed by atoms with Gasteiger partial charge in [-0.1, -0.05) is 37.6 Å². The Kier molecular flexibility index (Phi) is 6.85. The number of carbonyl (C=O) groups excluding carboxylic acids is 1. The minimum Gasteiger partial charge on any atom is -0.350 e. The summed E-state index contributed by atoms with van der Waals surface area (Å²) in [6.07, 6.45) is 0.694. The van der Waals surface area contributed by atoms with Gasteiger partial charge in [-0.15, -0.1) is 0 Å². The fourth-order valence-electron chi connectivity index (χ4n) is 3.48. The normalized spacial score (nSPS) is 11.9. The van der Waals surface area contributed by atoms with Crippen molar-refractivity contribution in [3.63, 3.8) is 0 Å². The molecule has 0 saturated heterocycles. The summed E-state index contributed by atoms with van der Waals surface area (Å²) in [5.41, 5.74) is 2.37. The summed E-state index contributed by atoms with van der Waals surface area (Å²) < 4.78 is 28.8. The predicted octanol–water partition coefficient (Wildman–Crippen LogP) is 3.83. The van der Waals surface area contributed by atoms with Crippen molar-refractivity contribution in [2.45, 2.75) is 25.2 Å². The largest absolute Gasteiger partial charge is 0.350 e. The number of nitrogens with zero attached hydrogens (tertiary/aromatic N) is 2. The zero-order chi connectivity index (χ0) is 21.9. The van der Waals surface area contributed by atoms with Gasteiger partial charge in [-0.3, -0.25) is 4.79 Å². The third-order valence-electron chi connectivity index (χ3n) is 5.20. The second kappa shape index (κ2) is 9.20. The number of aryl methyl sites for hydroxylation is 1. The lowest BCUT2D eigenvalue weighted by Gasteiger charge is -2.18. The topological polar surface area (TPSA) is 71.4 Å². The van der Waals surface area contributed by atoms with Crippen LogP contribution in [0.3, 0.4) is 0 Å². The van der Waals surface area contributed by atoms with E-state index in [1.54, 1.807) is 35.9 Å². The van der Waals surface area contributed by atoms with Crippen LogP contribution in [-0.2, 0) is 23.5 Å². The number of amides is 1. The van der Waals surface area contributed by atoms with E-state index in [1.807, 2.05) is 38.1 Å². The highest BCUT2D eigenvalue weighted by Gasteiger charge is 2.23. The molecule has 1 aromatic heterocycles. The molecule has 0 bridgehead atoms. The highest BCUT2D eigenvalue weighted by Crippen LogP contribution is 2.24. The summed E-state index contributed by atoms with van der Waals surface area (Å²) >= 11 is 5.89. The molecule has 6 nitrogen and oxygen atoms in total. The third-order valence-corrected chi connectivity index (χ3v) is 7.50. The molecule has 0 unspecified atom stereocenters. The number of carbonyl (C=O) groups is 1. The van der Waals surface area contributed by atoms with Gasteiger partial charge in [0.15, 0.2) is 0 Å². The summed E-state index contributed by atoms with van der Waals surface area (Å²) in [7, 11) is -1.75. The van der Waals surface area contributed by atoms with Crippen LogP contribution in [-0.4, -0.2) is 42.8 Å². The second-order valence-electron chi connectivity index (χ2n) is 7.03. The van der Waals surface area contributed by atoms with Crippen LogP contribution in [0, 0.1) is 0 Å². The van der Waals surface area contributed by atoms with Gasteiger partial charge in [0, 0.05) is 42.6 Å². The first-order valence-electron chi connectivity index (χ1n) is 9.90. The summed E-state index contributed by atoms with van der Waals surface area (Å²) in [5, 5.41) is 4.32. The highest BCUT2D eigenvalue weighted by atomic mass is 35.5. The molecule has 0 spiro atoms. The van der Waals surface area contributed by atoms with Crippen LogP contribution in [0.15, 0.2) is 53.4 Å². The Bertz CT molecular complexity index is 1150. The fourth-order valence-corrected chi connectivity index (χ4v) is 5.10. The van der Waals surface area contributed by atoms with Crippen molar-refractivity contribution in [3.05, 3.63) is 64.8 Å². The van der Waals surface area contributed by atoms with Crippen LogP contribution in [0.4, 0.5) is 0 Å². The number of nitrogens with one attached hydrogen (secondary N) is 1. The zero-order valence-corrected chi connectivity index (χ0v) is 18.9. The van der Waals surface area contributed by atoms with Crippen LogP contribution in [0.5, 0.6) is 0 Å². The van der Waals surface area contributed by atoms with Gasteiger partial charge in [-0.2, -0.15) is 4.31 Å². The average molecular weight is 448 g/mol. The predicted molar refractivity (Wildman–Crippen MR) is 121 cm³/mol. The SMILES string of the molecule is CCN(CC)S(=O)(=O)c1ccc2c(c1)cc(C(=O)NCCc1ccc(Cl)cc1)n2C. The molecule has 0 aliphatic heterocycles. The molecule has 0 aliphatic carbocycles. The molecule has 30 heavy (non-hydrogen) atoms. The van der Waals surface area contributed by atoms with Crippen LogP contribution in [0.2, 0.25) is 5.02 Å². The number of benzene rings is 2. The number of rotatable bonds is 8. The van der Waals surface area contributed by atoms with E-state index in [-0.39, 0.29) is 10.8 Å². The van der Waals surface area contributed by atoms with Gasteiger partial charge in [0.25, 0.3) is 5.91 Å². The Balaban J connectivity index is 1.78. The van der Waals surface area contributed by atoms with Crippen molar-refractivity contribution in [2.75, 3.05) is 19.6 Å². The van der Waals surface area contributed by atoms with Crippen LogP contribution >= 0.6 is 11.6 Å². The Labute approximate surface area is 182 Å². The third kappa shape index (κ3) is 4.53. The standard InChI is InChI=1S/C22H26ClN3O3S/c1-4-26(5-2)30(28,29)19-10-11-20-17(14-19)15-21(25(20)3)22(27)24-13-12-16-6-8-18(23)9-7-16/h6-11,14-15H,4-5,12-13H2,1-3H3,(H,24,27). The molecule has 1 heterocycles. The van der Waals surface area contributed by atoms with Gasteiger partial charge < -0.3 is 9.88 Å². The lowest BCUT2D eigenvalue weighted by Crippen LogP contribution is -2.30. The lowest BCUT2D eigenvalue weighted by atomic mass is 10.1. The molecule has 1 amide bonds. The van der Waals surface area contributed by atoms with Crippen molar-refractivity contribution in [1.82, 2.24) is 14.2 Å². The molecule has 0 saturated carbocycles. The Morgan fingerprint density at radius 2 is 1.73 bits per heavy atom. The van der Waals surface area contributed by atoms with E-state index >= 15 is 0 Å². The molecule has 2 aromatic carbocycles. The van der Waals surface area contributed by atoms with E-state index in [9.17, 15) is 13.2 Å². The Hall–Kier alpha value is -2.35. The number of fused-ring (bicyclic) bond motifs is 1. The molecule has 0 fully saturated rings. The van der Waals surface area contributed by atoms with Gasteiger partial charge in [0.05, 0.1) is 4.90 Å². The van der Waals surface area contributed by atoms with E-state index in [4.69, 9.17) is 11.6 Å². The van der Waals surface area contributed by atoms with Gasteiger partial charge in [0.1, 0.15) is 5.69 Å². The first-order valence-corrected chi connectivity index (χ1v) is 11.7. The van der Waals surface area contributed by atoms with Crippen molar-refractivity contribution in [1.29, 1.82) is 0 Å². The quantitative estimate of drug-likeness (QED) is 0.570. The van der Waals surface area contributed by atoms with E-state index in [1.165, 1.54) is 4.31 Å². The highest BCUT2D eigenvalue weighted by molar-refractivity contribution is 7.89. The van der Waals surface area contributed by atoms with E-state index < -0.39 is 10.0 Å². The summed E-state index contributed by atoms with van der Waals surface area (Å²) in [4.78, 5) is 12.9. The number of hydrogen-bond donors (Lipinski definition) is 1. The van der Waals surface area contributed by atoms with Gasteiger partial charge in [-0.25, -0.2) is 8.42 Å². The average Bonchev–Trinajstić information content (AvgIpc) is 3.06. The molecule has 160 valence electrons. The molecular weight excluding hydrogens is 422 g/mol. The smallest absolute Gasteiger partial charge is 0.267 e. The first kappa shape index (κ1) is 22.3. The molecule has 0 atom stereocenters. The van der Waals surface area contributed by atoms with Crippen molar-refractivity contribution < 1.29 is 13.2 Å². The summed E-state index contributed by atoms with van der Waals surface area (Å²) in [6, 6.07) is 14.2. The number of sulfonamides is 1. The first-order chi connectivity index (χ1) is 14.3. The lowest BCUT2D eigenvalue weighted by molar-refractivity contribution is 0.0946. The zero-order valence-electron chi connectivity index (χ0n) is 17.4. The van der Waals surface area contributed by atoms with Crippen LogP contribution in [0.1, 0.15) is 29.9 Å². The van der Waals surface area contributed by atoms with Gasteiger partial charge in [-0.05, 0) is 48.4 Å². The number of halogens is 1. The molecular formula is C22H26ClN3O3S. The minimum absolute atomic E-state index is 0.198. The molecule has 3 rings (SSSR count). The monoisotopic (exact) mass is 447 g/mol. The maximum Gasteiger partial charge on any atom is 0.267 e. The number of aromatic nitrogens is 1. The van der Waals surface area contributed by atoms with E-state index in [0.29, 0.717) is 42.2 Å². The second-order valence-corrected chi connectivity index (χ2v) is 9.41. The van der Waals surface area contributed by atoms with E-state index in [0.717, 1.165) is 11.1 Å². The number of hydrogen-bond acceptors (Lipinski definition) is 3. The maximum atomic E-state index is 12.8. The fraction of sp³-hybridized carbons (Fsp3) is 0.318. The van der Waals surface area contributed by atoms with Gasteiger partial charge >= 0.3 is 0 Å². The summed E-state index contributed by atoms with van der Waals surface area (Å²) in [6.45, 7) is 4.94. The van der Waals surface area contributed by atoms with Crippen molar-refractivity contribution in [2.24, 2.45) is 7.05 Å². The van der Waals surface area contributed by atoms with Gasteiger partial charge in [0.2, 0.25) is 10.0 Å². The Morgan fingerprint density at radius 3 is 2.37 bits per heavy atom. The molecule has 1 N–H and O–H groups in total.